The maximum atomic E-state index is 11.6. The van der Waals surface area contributed by atoms with Gasteiger partial charge in [0, 0.05) is 18.2 Å². The lowest BCUT2D eigenvalue weighted by molar-refractivity contribution is 0.619. The van der Waals surface area contributed by atoms with Crippen LogP contribution in [0.3, 0.4) is 0 Å². The molecule has 1 heterocycles. The topological polar surface area (TPSA) is 34.9 Å². The Labute approximate surface area is 111 Å². The van der Waals surface area contributed by atoms with Crippen molar-refractivity contribution in [1.82, 2.24) is 9.78 Å². The van der Waals surface area contributed by atoms with Crippen LogP contribution in [0, 0.1) is 0 Å². The van der Waals surface area contributed by atoms with E-state index in [1.165, 1.54) is 10.1 Å². The number of aryl methyl sites for hydroxylation is 1. The predicted molar refractivity (Wildman–Crippen MR) is 77.1 cm³/mol. The van der Waals surface area contributed by atoms with Crippen molar-refractivity contribution < 1.29 is 0 Å². The lowest BCUT2D eigenvalue weighted by atomic mass is 10.0. The Morgan fingerprint density at radius 2 is 1.79 bits per heavy atom. The number of hydrogen-bond acceptors (Lipinski definition) is 2. The van der Waals surface area contributed by atoms with Crippen LogP contribution in [0.4, 0.5) is 0 Å². The number of aromatic nitrogens is 2. The first-order valence-electron chi connectivity index (χ1n) is 6.36. The predicted octanol–water partition coefficient (Wildman–Crippen LogP) is 3.08. The Kier molecular flexibility index (Phi) is 2.88. The number of nitrogens with zero attached hydrogens (tertiary/aromatic N) is 2. The van der Waals surface area contributed by atoms with Crippen LogP contribution < -0.4 is 5.56 Å². The molecule has 0 spiro atoms. The summed E-state index contributed by atoms with van der Waals surface area (Å²) in [5.74, 6) is 0. The molecular formula is C16H14N2O. The number of benzene rings is 2. The molecule has 3 nitrogen and oxygen atoms in total. The van der Waals surface area contributed by atoms with Gasteiger partial charge in [0.2, 0.25) is 0 Å². The molecule has 0 aliphatic rings. The van der Waals surface area contributed by atoms with Gasteiger partial charge in [-0.3, -0.25) is 4.79 Å². The second-order valence-corrected chi connectivity index (χ2v) is 4.40. The highest BCUT2D eigenvalue weighted by Gasteiger charge is 2.06. The highest BCUT2D eigenvalue weighted by atomic mass is 16.1. The first kappa shape index (κ1) is 11.7. The summed E-state index contributed by atoms with van der Waals surface area (Å²) in [5, 5.41) is 6.74. The van der Waals surface area contributed by atoms with Gasteiger partial charge in [0.05, 0.1) is 5.69 Å². The SMILES string of the molecule is CCn1nc(-c2cccc3ccccc23)ccc1=O. The molecule has 0 unspecified atom stereocenters. The Morgan fingerprint density at radius 1 is 1.00 bits per heavy atom. The molecule has 0 aliphatic carbocycles. The lowest BCUT2D eigenvalue weighted by Crippen LogP contribution is -2.21. The van der Waals surface area contributed by atoms with E-state index in [1.807, 2.05) is 31.2 Å². The summed E-state index contributed by atoms with van der Waals surface area (Å²) in [6.45, 7) is 2.50. The van der Waals surface area contributed by atoms with Gasteiger partial charge < -0.3 is 0 Å². The molecule has 0 radical (unpaired) electrons. The molecule has 19 heavy (non-hydrogen) atoms. The first-order chi connectivity index (χ1) is 9.29. The molecule has 3 aromatic rings. The fourth-order valence-electron chi connectivity index (χ4n) is 2.27. The number of rotatable bonds is 2. The van der Waals surface area contributed by atoms with Crippen molar-refractivity contribution in [1.29, 1.82) is 0 Å². The Balaban J connectivity index is 2.27. The molecule has 0 saturated carbocycles. The molecule has 94 valence electrons. The maximum absolute atomic E-state index is 11.6. The van der Waals surface area contributed by atoms with E-state index in [0.29, 0.717) is 6.54 Å². The van der Waals surface area contributed by atoms with Crippen molar-refractivity contribution in [2.24, 2.45) is 0 Å². The molecule has 0 amide bonds. The van der Waals surface area contributed by atoms with E-state index in [0.717, 1.165) is 16.6 Å². The standard InChI is InChI=1S/C16H14N2O/c1-2-18-16(19)11-10-15(17-18)14-9-5-7-12-6-3-4-8-13(12)14/h3-11H,2H2,1H3. The van der Waals surface area contributed by atoms with E-state index < -0.39 is 0 Å². The Morgan fingerprint density at radius 3 is 2.63 bits per heavy atom. The largest absolute Gasteiger partial charge is 0.268 e. The summed E-state index contributed by atoms with van der Waals surface area (Å²) in [6.07, 6.45) is 0. The first-order valence-corrected chi connectivity index (χ1v) is 6.36. The summed E-state index contributed by atoms with van der Waals surface area (Å²) >= 11 is 0. The molecule has 0 fully saturated rings. The average molecular weight is 250 g/mol. The minimum absolute atomic E-state index is 0.0634. The second kappa shape index (κ2) is 4.69. The number of hydrogen-bond donors (Lipinski definition) is 0. The van der Waals surface area contributed by atoms with Gasteiger partial charge >= 0.3 is 0 Å². The van der Waals surface area contributed by atoms with Crippen LogP contribution in [-0.4, -0.2) is 9.78 Å². The quantitative estimate of drug-likeness (QED) is 0.700. The molecular weight excluding hydrogens is 236 g/mol. The smallest absolute Gasteiger partial charge is 0.266 e. The van der Waals surface area contributed by atoms with Crippen LogP contribution in [0.15, 0.2) is 59.4 Å². The van der Waals surface area contributed by atoms with E-state index >= 15 is 0 Å². The third-order valence-corrected chi connectivity index (χ3v) is 3.23. The summed E-state index contributed by atoms with van der Waals surface area (Å²) in [4.78, 5) is 11.6. The molecule has 0 saturated heterocycles. The van der Waals surface area contributed by atoms with Gasteiger partial charge in [0.1, 0.15) is 0 Å². The molecule has 0 aliphatic heterocycles. The van der Waals surface area contributed by atoms with Crippen molar-refractivity contribution in [3.63, 3.8) is 0 Å². The minimum atomic E-state index is -0.0634. The van der Waals surface area contributed by atoms with Crippen LogP contribution >= 0.6 is 0 Å². The zero-order chi connectivity index (χ0) is 13.2. The molecule has 0 N–H and O–H groups in total. The normalized spacial score (nSPS) is 10.8. The van der Waals surface area contributed by atoms with E-state index in [9.17, 15) is 4.79 Å². The highest BCUT2D eigenvalue weighted by molar-refractivity contribution is 5.95. The number of fused-ring (bicyclic) bond motifs is 1. The van der Waals surface area contributed by atoms with Crippen LogP contribution in [0.5, 0.6) is 0 Å². The van der Waals surface area contributed by atoms with Gasteiger partial charge in [-0.1, -0.05) is 42.5 Å². The van der Waals surface area contributed by atoms with Crippen molar-refractivity contribution in [2.45, 2.75) is 13.5 Å². The van der Waals surface area contributed by atoms with Crippen molar-refractivity contribution in [3.05, 3.63) is 65.0 Å². The van der Waals surface area contributed by atoms with E-state index in [4.69, 9.17) is 0 Å². The second-order valence-electron chi connectivity index (χ2n) is 4.40. The van der Waals surface area contributed by atoms with E-state index in [1.54, 1.807) is 12.1 Å². The van der Waals surface area contributed by atoms with Gasteiger partial charge in [-0.05, 0) is 23.8 Å². The molecule has 2 aromatic carbocycles. The van der Waals surface area contributed by atoms with Gasteiger partial charge in [-0.2, -0.15) is 5.10 Å². The van der Waals surface area contributed by atoms with Crippen molar-refractivity contribution in [2.75, 3.05) is 0 Å². The van der Waals surface area contributed by atoms with Gasteiger partial charge in [-0.25, -0.2) is 4.68 Å². The molecule has 0 bridgehead atoms. The lowest BCUT2D eigenvalue weighted by Gasteiger charge is -2.07. The van der Waals surface area contributed by atoms with Gasteiger partial charge in [0.15, 0.2) is 0 Å². The van der Waals surface area contributed by atoms with Gasteiger partial charge in [0.25, 0.3) is 5.56 Å². The zero-order valence-electron chi connectivity index (χ0n) is 10.7. The molecule has 0 atom stereocenters. The summed E-state index contributed by atoms with van der Waals surface area (Å²) in [5.41, 5.74) is 1.82. The molecule has 1 aromatic heterocycles. The van der Waals surface area contributed by atoms with Crippen LogP contribution in [0.1, 0.15) is 6.92 Å². The van der Waals surface area contributed by atoms with Crippen molar-refractivity contribution in [3.8, 4) is 11.3 Å². The maximum Gasteiger partial charge on any atom is 0.266 e. The van der Waals surface area contributed by atoms with Crippen LogP contribution in [0.2, 0.25) is 0 Å². The third-order valence-electron chi connectivity index (χ3n) is 3.23. The van der Waals surface area contributed by atoms with Crippen LogP contribution in [0.25, 0.3) is 22.0 Å². The fraction of sp³-hybridized carbons (Fsp3) is 0.125. The fourth-order valence-corrected chi connectivity index (χ4v) is 2.27. The van der Waals surface area contributed by atoms with Crippen LogP contribution in [-0.2, 0) is 6.54 Å². The highest BCUT2D eigenvalue weighted by Crippen LogP contribution is 2.26. The van der Waals surface area contributed by atoms with Gasteiger partial charge in [-0.15, -0.1) is 0 Å². The average Bonchev–Trinajstić information content (AvgIpc) is 2.47. The van der Waals surface area contributed by atoms with Crippen molar-refractivity contribution >= 4 is 10.8 Å². The minimum Gasteiger partial charge on any atom is -0.268 e. The Bertz CT molecular complexity index is 785. The summed E-state index contributed by atoms with van der Waals surface area (Å²) in [6, 6.07) is 17.7. The summed E-state index contributed by atoms with van der Waals surface area (Å²) in [7, 11) is 0. The summed E-state index contributed by atoms with van der Waals surface area (Å²) < 4.78 is 1.48. The van der Waals surface area contributed by atoms with E-state index in [2.05, 4.69) is 23.3 Å². The third kappa shape index (κ3) is 2.03. The Hall–Kier alpha value is -2.42. The molecule has 3 heteroatoms. The molecule has 3 rings (SSSR count). The monoisotopic (exact) mass is 250 g/mol. The zero-order valence-corrected chi connectivity index (χ0v) is 10.7. The van der Waals surface area contributed by atoms with E-state index in [-0.39, 0.29) is 5.56 Å².